The topological polar surface area (TPSA) is 87.0 Å². The van der Waals surface area contributed by atoms with E-state index < -0.39 is 11.7 Å². The SMILES string of the molecule is CC(=O)OC1CCC2(C)C3CCC4(C)C(O)CCC4C3CC(O)C2(O)C1. The van der Waals surface area contributed by atoms with Gasteiger partial charge in [-0.2, -0.15) is 0 Å². The van der Waals surface area contributed by atoms with Crippen molar-refractivity contribution in [3.05, 3.63) is 0 Å². The van der Waals surface area contributed by atoms with Gasteiger partial charge in [-0.05, 0) is 68.1 Å². The molecule has 5 nitrogen and oxygen atoms in total. The molecular formula is C21H34O5. The van der Waals surface area contributed by atoms with Crippen molar-refractivity contribution in [3.63, 3.8) is 0 Å². The van der Waals surface area contributed by atoms with Crippen molar-refractivity contribution in [2.24, 2.45) is 28.6 Å². The molecular weight excluding hydrogens is 332 g/mol. The molecule has 4 aliphatic rings. The summed E-state index contributed by atoms with van der Waals surface area (Å²) in [6.07, 6.45) is 4.98. The summed E-state index contributed by atoms with van der Waals surface area (Å²) in [6.45, 7) is 5.77. The molecule has 4 rings (SSSR count). The molecule has 26 heavy (non-hydrogen) atoms. The van der Waals surface area contributed by atoms with Crippen LogP contribution in [-0.2, 0) is 9.53 Å². The van der Waals surface area contributed by atoms with Crippen LogP contribution in [0.1, 0.15) is 72.1 Å². The largest absolute Gasteiger partial charge is 0.462 e. The minimum absolute atomic E-state index is 0.0400. The predicted octanol–water partition coefficient (Wildman–Crippen LogP) is 2.41. The summed E-state index contributed by atoms with van der Waals surface area (Å²) in [7, 11) is 0. The van der Waals surface area contributed by atoms with E-state index >= 15 is 0 Å². The molecule has 0 heterocycles. The van der Waals surface area contributed by atoms with Crippen molar-refractivity contribution in [2.75, 3.05) is 0 Å². The molecule has 9 unspecified atom stereocenters. The fourth-order valence-electron chi connectivity index (χ4n) is 7.55. The van der Waals surface area contributed by atoms with Crippen LogP contribution in [0.3, 0.4) is 0 Å². The van der Waals surface area contributed by atoms with E-state index in [1.807, 2.05) is 0 Å². The first-order chi connectivity index (χ1) is 12.1. The van der Waals surface area contributed by atoms with Crippen molar-refractivity contribution >= 4 is 5.97 Å². The summed E-state index contributed by atoms with van der Waals surface area (Å²) in [5, 5.41) is 33.2. The van der Waals surface area contributed by atoms with Gasteiger partial charge in [-0.15, -0.1) is 0 Å². The highest BCUT2D eigenvalue weighted by Crippen LogP contribution is 2.67. The molecule has 4 fully saturated rings. The highest BCUT2D eigenvalue weighted by Gasteiger charge is 2.67. The van der Waals surface area contributed by atoms with Gasteiger partial charge in [0.25, 0.3) is 0 Å². The smallest absolute Gasteiger partial charge is 0.302 e. The molecule has 4 aliphatic carbocycles. The van der Waals surface area contributed by atoms with Crippen molar-refractivity contribution in [1.82, 2.24) is 0 Å². The Bertz CT molecular complexity index is 593. The summed E-state index contributed by atoms with van der Waals surface area (Å²) in [4.78, 5) is 11.4. The van der Waals surface area contributed by atoms with Gasteiger partial charge in [-0.25, -0.2) is 0 Å². The first-order valence-corrected chi connectivity index (χ1v) is 10.4. The van der Waals surface area contributed by atoms with E-state index in [4.69, 9.17) is 4.74 Å². The average molecular weight is 366 g/mol. The van der Waals surface area contributed by atoms with Crippen LogP contribution in [-0.4, -0.2) is 45.2 Å². The summed E-state index contributed by atoms with van der Waals surface area (Å²) in [5.41, 5.74) is -1.60. The maximum atomic E-state index is 11.6. The number of aliphatic hydroxyl groups excluding tert-OH is 2. The molecule has 148 valence electrons. The lowest BCUT2D eigenvalue weighted by Crippen LogP contribution is -2.68. The van der Waals surface area contributed by atoms with Crippen LogP contribution in [0.4, 0.5) is 0 Å². The van der Waals surface area contributed by atoms with Crippen molar-refractivity contribution in [3.8, 4) is 0 Å². The second-order valence-electron chi connectivity index (χ2n) is 10.1. The molecule has 0 aromatic heterocycles. The van der Waals surface area contributed by atoms with E-state index in [1.165, 1.54) is 6.92 Å². The summed E-state index contributed by atoms with van der Waals surface area (Å²) < 4.78 is 5.39. The molecule has 0 bridgehead atoms. The molecule has 4 saturated carbocycles. The molecule has 0 radical (unpaired) electrons. The minimum atomic E-state index is -1.20. The molecule has 5 heteroatoms. The van der Waals surface area contributed by atoms with E-state index in [1.54, 1.807) is 0 Å². The molecule has 0 saturated heterocycles. The fourth-order valence-corrected chi connectivity index (χ4v) is 7.55. The number of aliphatic hydroxyl groups is 3. The van der Waals surface area contributed by atoms with Gasteiger partial charge < -0.3 is 20.1 Å². The van der Waals surface area contributed by atoms with Crippen molar-refractivity contribution in [1.29, 1.82) is 0 Å². The standard InChI is InChI=1S/C21H34O5/c1-12(22)26-13-6-9-20(3)16-7-8-19(2)15(4-5-17(19)23)14(16)10-18(24)21(20,25)11-13/h13-18,23-25H,4-11H2,1-3H3. The minimum Gasteiger partial charge on any atom is -0.462 e. The lowest BCUT2D eigenvalue weighted by atomic mass is 9.43. The number of carbonyl (C=O) groups excluding carboxylic acids is 1. The van der Waals surface area contributed by atoms with Crippen LogP contribution >= 0.6 is 0 Å². The van der Waals surface area contributed by atoms with E-state index in [-0.39, 0.29) is 29.0 Å². The Kier molecular flexibility index (Phi) is 4.26. The van der Waals surface area contributed by atoms with Crippen molar-refractivity contribution < 1.29 is 24.9 Å². The monoisotopic (exact) mass is 366 g/mol. The maximum absolute atomic E-state index is 11.6. The molecule has 3 N–H and O–H groups in total. The molecule has 0 aromatic carbocycles. The Morgan fingerprint density at radius 3 is 2.42 bits per heavy atom. The molecule has 9 atom stereocenters. The lowest BCUT2D eigenvalue weighted by Gasteiger charge is -2.65. The molecule has 0 aromatic rings. The van der Waals surface area contributed by atoms with Gasteiger partial charge in [0.05, 0.1) is 17.8 Å². The van der Waals surface area contributed by atoms with Gasteiger partial charge in [-0.1, -0.05) is 13.8 Å². The van der Waals surface area contributed by atoms with Gasteiger partial charge in [0.15, 0.2) is 0 Å². The molecule has 0 amide bonds. The number of fused-ring (bicyclic) bond motifs is 5. The Morgan fingerprint density at radius 1 is 1.00 bits per heavy atom. The first kappa shape index (κ1) is 18.7. The number of hydrogen-bond donors (Lipinski definition) is 3. The van der Waals surface area contributed by atoms with Crippen LogP contribution < -0.4 is 0 Å². The summed E-state index contributed by atoms with van der Waals surface area (Å²) >= 11 is 0. The fraction of sp³-hybridized carbons (Fsp3) is 0.952. The number of carbonyl (C=O) groups is 1. The van der Waals surface area contributed by atoms with E-state index in [2.05, 4.69) is 13.8 Å². The van der Waals surface area contributed by atoms with Gasteiger partial charge in [-0.3, -0.25) is 4.79 Å². The lowest BCUT2D eigenvalue weighted by molar-refractivity contribution is -0.266. The molecule has 0 spiro atoms. The zero-order valence-corrected chi connectivity index (χ0v) is 16.3. The second-order valence-corrected chi connectivity index (χ2v) is 10.1. The van der Waals surface area contributed by atoms with Crippen LogP contribution in [0.15, 0.2) is 0 Å². The molecule has 0 aliphatic heterocycles. The Labute approximate surface area is 156 Å². The third kappa shape index (κ3) is 2.36. The second kappa shape index (κ2) is 5.92. The maximum Gasteiger partial charge on any atom is 0.302 e. The number of esters is 1. The van der Waals surface area contributed by atoms with E-state index in [0.717, 1.165) is 38.5 Å². The predicted molar refractivity (Wildman–Crippen MR) is 96.1 cm³/mol. The van der Waals surface area contributed by atoms with Gasteiger partial charge in [0.1, 0.15) is 6.10 Å². The zero-order chi connectivity index (χ0) is 18.9. The van der Waals surface area contributed by atoms with E-state index in [0.29, 0.717) is 30.6 Å². The average Bonchev–Trinajstić information content (AvgIpc) is 2.86. The third-order valence-corrected chi connectivity index (χ3v) is 9.10. The zero-order valence-electron chi connectivity index (χ0n) is 16.3. The Morgan fingerprint density at radius 2 is 1.73 bits per heavy atom. The number of hydrogen-bond acceptors (Lipinski definition) is 5. The van der Waals surface area contributed by atoms with Crippen LogP contribution in [0.25, 0.3) is 0 Å². The summed E-state index contributed by atoms with van der Waals surface area (Å²) in [5.74, 6) is 0.825. The van der Waals surface area contributed by atoms with Crippen LogP contribution in [0.2, 0.25) is 0 Å². The first-order valence-electron chi connectivity index (χ1n) is 10.4. The van der Waals surface area contributed by atoms with Crippen LogP contribution in [0.5, 0.6) is 0 Å². The highest BCUT2D eigenvalue weighted by atomic mass is 16.5. The number of rotatable bonds is 1. The van der Waals surface area contributed by atoms with Gasteiger partial charge in [0, 0.05) is 18.8 Å². The van der Waals surface area contributed by atoms with Crippen molar-refractivity contribution in [2.45, 2.75) is 96.1 Å². The Balaban J connectivity index is 1.64. The third-order valence-electron chi connectivity index (χ3n) is 9.10. The van der Waals surface area contributed by atoms with Gasteiger partial charge in [0.2, 0.25) is 0 Å². The van der Waals surface area contributed by atoms with Gasteiger partial charge >= 0.3 is 5.97 Å². The Hall–Kier alpha value is -0.650. The van der Waals surface area contributed by atoms with Crippen LogP contribution in [0, 0.1) is 28.6 Å². The highest BCUT2D eigenvalue weighted by molar-refractivity contribution is 5.66. The normalized spacial score (nSPS) is 56.2. The quantitative estimate of drug-likeness (QED) is 0.621. The summed E-state index contributed by atoms with van der Waals surface area (Å²) in [6, 6.07) is 0. The van der Waals surface area contributed by atoms with E-state index in [9.17, 15) is 20.1 Å². The number of ether oxygens (including phenoxy) is 1.